The van der Waals surface area contributed by atoms with Crippen molar-refractivity contribution in [1.82, 2.24) is 4.98 Å². The van der Waals surface area contributed by atoms with Gasteiger partial charge in [0.2, 0.25) is 0 Å². The fourth-order valence-electron chi connectivity index (χ4n) is 2.32. The normalized spacial score (nSPS) is 10.8. The third-order valence-electron chi connectivity index (χ3n) is 3.17. The molecule has 0 radical (unpaired) electrons. The van der Waals surface area contributed by atoms with E-state index in [0.29, 0.717) is 5.13 Å². The average molecular weight is 270 g/mol. The Labute approximate surface area is 115 Å². The van der Waals surface area contributed by atoms with Crippen molar-refractivity contribution in [2.75, 3.05) is 12.8 Å². The van der Waals surface area contributed by atoms with E-state index in [1.165, 1.54) is 11.3 Å². The number of aryl methyl sites for hydroxylation is 1. The zero-order chi connectivity index (χ0) is 13.4. The van der Waals surface area contributed by atoms with Crippen LogP contribution in [0.1, 0.15) is 4.88 Å². The molecule has 0 amide bonds. The first-order valence-corrected chi connectivity index (χ1v) is 6.81. The van der Waals surface area contributed by atoms with Gasteiger partial charge in [0.15, 0.2) is 5.13 Å². The Morgan fingerprint density at radius 2 is 1.84 bits per heavy atom. The van der Waals surface area contributed by atoms with Crippen LogP contribution in [0.5, 0.6) is 5.75 Å². The molecule has 0 aliphatic carbocycles. The summed E-state index contributed by atoms with van der Waals surface area (Å²) in [6.45, 7) is 2.04. The molecule has 3 rings (SSSR count). The van der Waals surface area contributed by atoms with Gasteiger partial charge in [0.1, 0.15) is 5.75 Å². The van der Waals surface area contributed by atoms with Crippen molar-refractivity contribution in [1.29, 1.82) is 0 Å². The lowest BCUT2D eigenvalue weighted by atomic mass is 10.0. The van der Waals surface area contributed by atoms with E-state index in [9.17, 15) is 0 Å². The molecule has 0 aliphatic rings. The molecule has 2 aromatic carbocycles. The number of anilines is 1. The maximum absolute atomic E-state index is 5.80. The Morgan fingerprint density at radius 3 is 2.47 bits per heavy atom. The van der Waals surface area contributed by atoms with Crippen LogP contribution in [0.3, 0.4) is 0 Å². The van der Waals surface area contributed by atoms with Crippen molar-refractivity contribution in [2.45, 2.75) is 6.92 Å². The van der Waals surface area contributed by atoms with Crippen LogP contribution in [0.2, 0.25) is 0 Å². The first-order chi connectivity index (χ1) is 9.20. The molecule has 1 heterocycles. The molecular weight excluding hydrogens is 256 g/mol. The number of nitrogens with two attached hydrogens (primary N) is 1. The molecule has 0 unspecified atom stereocenters. The highest BCUT2D eigenvalue weighted by Gasteiger charge is 2.13. The van der Waals surface area contributed by atoms with Gasteiger partial charge in [-0.2, -0.15) is 0 Å². The minimum Gasteiger partial charge on any atom is -0.496 e. The van der Waals surface area contributed by atoms with Gasteiger partial charge in [-0.1, -0.05) is 24.3 Å². The average Bonchev–Trinajstić information content (AvgIpc) is 2.76. The number of aromatic nitrogens is 1. The summed E-state index contributed by atoms with van der Waals surface area (Å²) in [7, 11) is 1.69. The number of nitrogen functional groups attached to an aromatic ring is 1. The van der Waals surface area contributed by atoms with Gasteiger partial charge in [0.25, 0.3) is 0 Å². The summed E-state index contributed by atoms with van der Waals surface area (Å²) in [5.74, 6) is 0.875. The van der Waals surface area contributed by atoms with Crippen LogP contribution in [0, 0.1) is 6.92 Å². The lowest BCUT2D eigenvalue weighted by Crippen LogP contribution is -1.89. The zero-order valence-corrected chi connectivity index (χ0v) is 11.6. The maximum Gasteiger partial charge on any atom is 0.180 e. The first-order valence-electron chi connectivity index (χ1n) is 5.99. The summed E-state index contributed by atoms with van der Waals surface area (Å²) in [6, 6.07) is 12.2. The number of thiazole rings is 1. The number of methoxy groups -OCH3 is 1. The van der Waals surface area contributed by atoms with E-state index >= 15 is 0 Å². The Balaban J connectivity index is 2.34. The fourth-order valence-corrected chi connectivity index (χ4v) is 3.03. The van der Waals surface area contributed by atoms with E-state index in [1.807, 2.05) is 31.2 Å². The summed E-state index contributed by atoms with van der Waals surface area (Å²) in [5.41, 5.74) is 7.86. The summed E-state index contributed by atoms with van der Waals surface area (Å²) in [5, 5.41) is 2.83. The van der Waals surface area contributed by atoms with E-state index < -0.39 is 0 Å². The van der Waals surface area contributed by atoms with Gasteiger partial charge in [0.05, 0.1) is 12.8 Å². The second-order valence-electron chi connectivity index (χ2n) is 4.32. The number of benzene rings is 2. The highest BCUT2D eigenvalue weighted by Crippen LogP contribution is 2.37. The standard InChI is InChI=1S/C15H14N2OS/c1-9-14(17-15(16)19-9)12-7-8-13(18-2)11-6-4-3-5-10(11)12/h3-8H,1-2H3,(H2,16,17). The van der Waals surface area contributed by atoms with Crippen molar-refractivity contribution < 1.29 is 4.74 Å². The highest BCUT2D eigenvalue weighted by molar-refractivity contribution is 7.15. The number of rotatable bonds is 2. The molecule has 0 fully saturated rings. The Kier molecular flexibility index (Phi) is 2.87. The highest BCUT2D eigenvalue weighted by atomic mass is 32.1. The van der Waals surface area contributed by atoms with Crippen molar-refractivity contribution in [3.05, 3.63) is 41.3 Å². The monoisotopic (exact) mass is 270 g/mol. The molecule has 0 atom stereocenters. The number of nitrogens with zero attached hydrogens (tertiary/aromatic N) is 1. The van der Waals surface area contributed by atoms with Gasteiger partial charge in [-0.15, -0.1) is 11.3 Å². The summed E-state index contributed by atoms with van der Waals surface area (Å²) < 4.78 is 5.41. The van der Waals surface area contributed by atoms with Gasteiger partial charge in [0, 0.05) is 15.8 Å². The van der Waals surface area contributed by atoms with Crippen LogP contribution in [0.15, 0.2) is 36.4 Å². The van der Waals surface area contributed by atoms with Crippen molar-refractivity contribution >= 4 is 27.2 Å². The molecule has 0 spiro atoms. The number of hydrogen-bond donors (Lipinski definition) is 1. The molecule has 0 saturated heterocycles. The Bertz CT molecular complexity index is 749. The van der Waals surface area contributed by atoms with E-state index in [-0.39, 0.29) is 0 Å². The first kappa shape index (κ1) is 12.0. The summed E-state index contributed by atoms with van der Waals surface area (Å²) in [6.07, 6.45) is 0. The van der Waals surface area contributed by atoms with Gasteiger partial charge >= 0.3 is 0 Å². The molecule has 1 aromatic heterocycles. The maximum atomic E-state index is 5.80. The lowest BCUT2D eigenvalue weighted by molar-refractivity contribution is 0.420. The van der Waals surface area contributed by atoms with E-state index in [2.05, 4.69) is 17.1 Å². The van der Waals surface area contributed by atoms with Crippen molar-refractivity contribution in [2.24, 2.45) is 0 Å². The van der Waals surface area contributed by atoms with E-state index in [4.69, 9.17) is 10.5 Å². The van der Waals surface area contributed by atoms with Crippen molar-refractivity contribution in [3.8, 4) is 17.0 Å². The van der Waals surface area contributed by atoms with Crippen LogP contribution in [-0.4, -0.2) is 12.1 Å². The molecule has 3 nitrogen and oxygen atoms in total. The molecule has 19 heavy (non-hydrogen) atoms. The molecule has 3 aromatic rings. The third-order valence-corrected chi connectivity index (χ3v) is 3.97. The zero-order valence-electron chi connectivity index (χ0n) is 10.8. The fraction of sp³-hybridized carbons (Fsp3) is 0.133. The smallest absolute Gasteiger partial charge is 0.180 e. The minimum atomic E-state index is 0.604. The van der Waals surface area contributed by atoms with E-state index in [0.717, 1.165) is 32.7 Å². The van der Waals surface area contributed by atoms with E-state index in [1.54, 1.807) is 7.11 Å². The second-order valence-corrected chi connectivity index (χ2v) is 5.55. The van der Waals surface area contributed by atoms with Gasteiger partial charge < -0.3 is 10.5 Å². The SMILES string of the molecule is COc1ccc(-c2nc(N)sc2C)c2ccccc12. The predicted octanol–water partition coefficient (Wildman–Crippen LogP) is 3.86. The molecule has 4 heteroatoms. The second kappa shape index (κ2) is 4.55. The topological polar surface area (TPSA) is 48.1 Å². The van der Waals surface area contributed by atoms with Crippen molar-refractivity contribution in [3.63, 3.8) is 0 Å². The van der Waals surface area contributed by atoms with Crippen LogP contribution in [-0.2, 0) is 0 Å². The number of hydrogen-bond acceptors (Lipinski definition) is 4. The van der Waals surface area contributed by atoms with Crippen LogP contribution in [0.25, 0.3) is 22.0 Å². The minimum absolute atomic E-state index is 0.604. The Morgan fingerprint density at radius 1 is 1.11 bits per heavy atom. The van der Waals surface area contributed by atoms with Crippen LogP contribution in [0.4, 0.5) is 5.13 Å². The molecule has 0 bridgehead atoms. The number of ether oxygens (including phenoxy) is 1. The summed E-state index contributed by atoms with van der Waals surface area (Å²) in [4.78, 5) is 5.57. The van der Waals surface area contributed by atoms with Gasteiger partial charge in [-0.05, 0) is 24.4 Å². The predicted molar refractivity (Wildman–Crippen MR) is 80.8 cm³/mol. The molecular formula is C15H14N2OS. The largest absolute Gasteiger partial charge is 0.496 e. The number of fused-ring (bicyclic) bond motifs is 1. The van der Waals surface area contributed by atoms with Gasteiger partial charge in [-0.25, -0.2) is 4.98 Å². The van der Waals surface area contributed by atoms with Crippen LogP contribution >= 0.6 is 11.3 Å². The van der Waals surface area contributed by atoms with Gasteiger partial charge in [-0.3, -0.25) is 0 Å². The molecule has 0 aliphatic heterocycles. The molecule has 96 valence electrons. The Hall–Kier alpha value is -2.07. The lowest BCUT2D eigenvalue weighted by Gasteiger charge is -2.09. The quantitative estimate of drug-likeness (QED) is 0.769. The molecule has 2 N–H and O–H groups in total. The summed E-state index contributed by atoms with van der Waals surface area (Å²) >= 11 is 1.52. The molecule has 0 saturated carbocycles. The third kappa shape index (κ3) is 1.94. The van der Waals surface area contributed by atoms with Crippen LogP contribution < -0.4 is 10.5 Å².